The quantitative estimate of drug-likeness (QED) is 0.886. The van der Waals surface area contributed by atoms with Crippen molar-refractivity contribution in [3.8, 4) is 0 Å². The van der Waals surface area contributed by atoms with Gasteiger partial charge in [0, 0.05) is 12.3 Å². The first-order chi connectivity index (χ1) is 7.88. The Balaban J connectivity index is 1.94. The SMILES string of the molecule is CC1CC1c1ccc(C2(C(=O)O)CC2(F)F)o1. The van der Waals surface area contributed by atoms with Crippen molar-refractivity contribution in [1.82, 2.24) is 0 Å². The van der Waals surface area contributed by atoms with Gasteiger partial charge >= 0.3 is 5.97 Å². The van der Waals surface area contributed by atoms with Crippen molar-refractivity contribution in [2.45, 2.75) is 37.0 Å². The normalized spacial score (nSPS) is 37.8. The van der Waals surface area contributed by atoms with Crippen LogP contribution in [0.1, 0.15) is 37.2 Å². The summed E-state index contributed by atoms with van der Waals surface area (Å²) >= 11 is 0. The number of halogens is 2. The summed E-state index contributed by atoms with van der Waals surface area (Å²) in [7, 11) is 0. The van der Waals surface area contributed by atoms with Gasteiger partial charge in [0.1, 0.15) is 11.5 Å². The number of carbonyl (C=O) groups is 1. The zero-order valence-corrected chi connectivity index (χ0v) is 9.24. The predicted octanol–water partition coefficient (Wildman–Crippen LogP) is 2.76. The molecule has 0 amide bonds. The molecule has 2 saturated carbocycles. The average molecular weight is 242 g/mol. The van der Waals surface area contributed by atoms with Gasteiger partial charge in [-0.25, -0.2) is 8.78 Å². The Kier molecular flexibility index (Phi) is 1.83. The standard InChI is InChI=1S/C12H12F2O3/c1-6-4-7(6)8-2-3-9(17-8)11(10(15)16)5-12(11,13)14/h2-3,6-7H,4-5H2,1H3,(H,15,16). The highest BCUT2D eigenvalue weighted by atomic mass is 19.3. The molecule has 0 spiro atoms. The molecule has 2 fully saturated rings. The molecule has 0 aliphatic heterocycles. The van der Waals surface area contributed by atoms with E-state index in [9.17, 15) is 13.6 Å². The number of hydrogen-bond acceptors (Lipinski definition) is 2. The van der Waals surface area contributed by atoms with Crippen LogP contribution in [-0.4, -0.2) is 17.0 Å². The van der Waals surface area contributed by atoms with Crippen molar-refractivity contribution in [3.63, 3.8) is 0 Å². The highest BCUT2D eigenvalue weighted by molar-refractivity contribution is 5.86. The van der Waals surface area contributed by atoms with Crippen molar-refractivity contribution < 1.29 is 23.1 Å². The Hall–Kier alpha value is -1.39. The van der Waals surface area contributed by atoms with Crippen LogP contribution in [0.4, 0.5) is 8.78 Å². The van der Waals surface area contributed by atoms with Crippen molar-refractivity contribution >= 4 is 5.97 Å². The van der Waals surface area contributed by atoms with Crippen LogP contribution in [0.2, 0.25) is 0 Å². The molecule has 3 unspecified atom stereocenters. The van der Waals surface area contributed by atoms with Crippen LogP contribution >= 0.6 is 0 Å². The van der Waals surface area contributed by atoms with Crippen molar-refractivity contribution in [2.24, 2.45) is 5.92 Å². The first-order valence-corrected chi connectivity index (χ1v) is 5.60. The minimum Gasteiger partial charge on any atom is -0.480 e. The molecule has 1 aromatic heterocycles. The summed E-state index contributed by atoms with van der Waals surface area (Å²) in [5, 5.41) is 8.97. The molecular formula is C12H12F2O3. The lowest BCUT2D eigenvalue weighted by molar-refractivity contribution is -0.143. The molecule has 0 saturated heterocycles. The summed E-state index contributed by atoms with van der Waals surface area (Å²) in [5.74, 6) is -3.41. The van der Waals surface area contributed by atoms with Gasteiger partial charge in [0.2, 0.25) is 0 Å². The van der Waals surface area contributed by atoms with Crippen LogP contribution in [0, 0.1) is 5.92 Å². The van der Waals surface area contributed by atoms with Gasteiger partial charge in [-0.05, 0) is 24.5 Å². The number of aliphatic carboxylic acids is 1. The van der Waals surface area contributed by atoms with Gasteiger partial charge in [0.05, 0.1) is 0 Å². The molecule has 0 aromatic carbocycles. The van der Waals surface area contributed by atoms with Gasteiger partial charge in [0.15, 0.2) is 5.41 Å². The zero-order valence-electron chi connectivity index (χ0n) is 9.24. The topological polar surface area (TPSA) is 50.4 Å². The summed E-state index contributed by atoms with van der Waals surface area (Å²) in [6, 6.07) is 3.01. The molecule has 2 aliphatic rings. The second-order valence-corrected chi connectivity index (χ2v) is 5.11. The Bertz CT molecular complexity index is 494. The van der Waals surface area contributed by atoms with Gasteiger partial charge in [-0.3, -0.25) is 4.79 Å². The molecule has 0 radical (unpaired) electrons. The molecular weight excluding hydrogens is 230 g/mol. The largest absolute Gasteiger partial charge is 0.480 e. The fourth-order valence-electron chi connectivity index (χ4n) is 2.39. The van der Waals surface area contributed by atoms with Crippen molar-refractivity contribution in [2.75, 3.05) is 0 Å². The van der Waals surface area contributed by atoms with E-state index in [2.05, 4.69) is 0 Å². The fourth-order valence-corrected chi connectivity index (χ4v) is 2.39. The maximum Gasteiger partial charge on any atom is 0.323 e. The maximum absolute atomic E-state index is 13.2. The van der Waals surface area contributed by atoms with Crippen LogP contribution < -0.4 is 0 Å². The number of alkyl halides is 2. The number of rotatable bonds is 3. The van der Waals surface area contributed by atoms with E-state index in [4.69, 9.17) is 9.52 Å². The highest BCUT2D eigenvalue weighted by Crippen LogP contribution is 2.62. The van der Waals surface area contributed by atoms with E-state index in [1.165, 1.54) is 6.07 Å². The van der Waals surface area contributed by atoms with Gasteiger partial charge in [-0.2, -0.15) is 0 Å². The van der Waals surface area contributed by atoms with Gasteiger partial charge in [-0.15, -0.1) is 0 Å². The Labute approximate surface area is 96.4 Å². The Morgan fingerprint density at radius 3 is 2.53 bits per heavy atom. The van der Waals surface area contributed by atoms with E-state index in [0.717, 1.165) is 6.42 Å². The third-order valence-corrected chi connectivity index (χ3v) is 3.87. The summed E-state index contributed by atoms with van der Waals surface area (Å²) < 4.78 is 31.8. The number of carboxylic acid groups (broad SMARTS) is 1. The van der Waals surface area contributed by atoms with E-state index >= 15 is 0 Å². The zero-order chi connectivity index (χ0) is 12.4. The summed E-state index contributed by atoms with van der Waals surface area (Å²) in [5.41, 5.74) is -2.12. The van der Waals surface area contributed by atoms with E-state index in [1.807, 2.05) is 6.92 Å². The van der Waals surface area contributed by atoms with Crippen LogP contribution in [0.25, 0.3) is 0 Å². The van der Waals surface area contributed by atoms with Crippen molar-refractivity contribution in [1.29, 1.82) is 0 Å². The third-order valence-electron chi connectivity index (χ3n) is 3.87. The average Bonchev–Trinajstić information content (AvgIpc) is 3.01. The van der Waals surface area contributed by atoms with E-state index < -0.39 is 23.7 Å². The Morgan fingerprint density at radius 1 is 1.53 bits per heavy atom. The second kappa shape index (κ2) is 2.89. The first kappa shape index (κ1) is 10.7. The van der Waals surface area contributed by atoms with Gasteiger partial charge in [0.25, 0.3) is 5.92 Å². The number of furan rings is 1. The van der Waals surface area contributed by atoms with E-state index in [1.54, 1.807) is 6.07 Å². The molecule has 1 N–H and O–H groups in total. The molecule has 3 atom stereocenters. The van der Waals surface area contributed by atoms with Crippen LogP contribution in [0.15, 0.2) is 16.5 Å². The Morgan fingerprint density at radius 2 is 2.12 bits per heavy atom. The predicted molar refractivity (Wildman–Crippen MR) is 54.1 cm³/mol. The summed E-state index contributed by atoms with van der Waals surface area (Å²) in [4.78, 5) is 11.0. The second-order valence-electron chi connectivity index (χ2n) is 5.11. The lowest BCUT2D eigenvalue weighted by atomic mass is 10.0. The van der Waals surface area contributed by atoms with Gasteiger partial charge in [-0.1, -0.05) is 6.92 Å². The summed E-state index contributed by atoms with van der Waals surface area (Å²) in [6.07, 6.45) is 0.311. The third kappa shape index (κ3) is 1.28. The number of carboxylic acids is 1. The molecule has 1 aromatic rings. The number of hydrogen-bond donors (Lipinski definition) is 1. The molecule has 3 nitrogen and oxygen atoms in total. The van der Waals surface area contributed by atoms with Crippen LogP contribution in [-0.2, 0) is 10.2 Å². The molecule has 2 aliphatic carbocycles. The van der Waals surface area contributed by atoms with Crippen LogP contribution in [0.3, 0.4) is 0 Å². The monoisotopic (exact) mass is 242 g/mol. The molecule has 1 heterocycles. The van der Waals surface area contributed by atoms with Crippen LogP contribution in [0.5, 0.6) is 0 Å². The maximum atomic E-state index is 13.2. The smallest absolute Gasteiger partial charge is 0.323 e. The van der Waals surface area contributed by atoms with Gasteiger partial charge < -0.3 is 9.52 Å². The van der Waals surface area contributed by atoms with E-state index in [0.29, 0.717) is 11.7 Å². The minimum absolute atomic E-state index is 0.107. The molecule has 0 bridgehead atoms. The molecule has 5 heteroatoms. The molecule has 92 valence electrons. The minimum atomic E-state index is -3.19. The highest BCUT2D eigenvalue weighted by Gasteiger charge is 2.79. The molecule has 3 rings (SSSR count). The lowest BCUT2D eigenvalue weighted by Crippen LogP contribution is -2.26. The fraction of sp³-hybridized carbons (Fsp3) is 0.583. The summed E-state index contributed by atoms with van der Waals surface area (Å²) in [6.45, 7) is 2.05. The molecule has 17 heavy (non-hydrogen) atoms. The van der Waals surface area contributed by atoms with Crippen molar-refractivity contribution in [3.05, 3.63) is 23.7 Å². The van der Waals surface area contributed by atoms with E-state index in [-0.39, 0.29) is 11.7 Å². The lowest BCUT2D eigenvalue weighted by Gasteiger charge is -2.07. The first-order valence-electron chi connectivity index (χ1n) is 5.60.